The Balaban J connectivity index is 1.50. The molecule has 0 radical (unpaired) electrons. The van der Waals surface area contributed by atoms with Crippen LogP contribution >= 0.6 is 0 Å². The zero-order valence-electron chi connectivity index (χ0n) is 11.5. The van der Waals surface area contributed by atoms with Crippen LogP contribution in [0, 0.1) is 0 Å². The van der Waals surface area contributed by atoms with Crippen molar-refractivity contribution in [2.24, 2.45) is 0 Å². The molecule has 0 saturated carbocycles. The minimum atomic E-state index is 0.569. The molecule has 1 aliphatic rings. The molecule has 0 bridgehead atoms. The van der Waals surface area contributed by atoms with Gasteiger partial charge in [0.05, 0.1) is 6.61 Å². The van der Waals surface area contributed by atoms with Crippen LogP contribution in [0.5, 0.6) is 5.88 Å². The largest absolute Gasteiger partial charge is 0.475 e. The Labute approximate surface area is 119 Å². The summed E-state index contributed by atoms with van der Waals surface area (Å²) in [4.78, 5) is 0. The molecular weight excluding hydrogens is 252 g/mol. The monoisotopic (exact) mass is 272 g/mol. The summed E-state index contributed by atoms with van der Waals surface area (Å²) in [6, 6.07) is 12.4. The van der Waals surface area contributed by atoms with Gasteiger partial charge in [-0.05, 0) is 31.0 Å². The summed E-state index contributed by atoms with van der Waals surface area (Å²) in [5.74, 6) is 1.32. The Bertz CT molecular complexity index is 518. The van der Waals surface area contributed by atoms with Crippen molar-refractivity contribution < 1.29 is 9.26 Å². The fourth-order valence-electron chi connectivity index (χ4n) is 2.54. The van der Waals surface area contributed by atoms with Crippen molar-refractivity contribution >= 4 is 0 Å². The van der Waals surface area contributed by atoms with Crippen LogP contribution in [0.25, 0.3) is 11.3 Å². The summed E-state index contributed by atoms with van der Waals surface area (Å²) < 4.78 is 11.0. The molecule has 20 heavy (non-hydrogen) atoms. The summed E-state index contributed by atoms with van der Waals surface area (Å²) in [5, 5.41) is 7.47. The molecule has 1 aliphatic heterocycles. The molecule has 4 nitrogen and oxygen atoms in total. The van der Waals surface area contributed by atoms with E-state index >= 15 is 0 Å². The minimum Gasteiger partial charge on any atom is -0.475 e. The van der Waals surface area contributed by atoms with Crippen molar-refractivity contribution in [3.63, 3.8) is 0 Å². The molecule has 3 rings (SSSR count). The van der Waals surface area contributed by atoms with E-state index in [0.29, 0.717) is 18.5 Å². The maximum atomic E-state index is 5.67. The van der Waals surface area contributed by atoms with Gasteiger partial charge in [0.2, 0.25) is 0 Å². The van der Waals surface area contributed by atoms with Gasteiger partial charge in [-0.15, -0.1) is 0 Å². The Morgan fingerprint density at radius 3 is 2.95 bits per heavy atom. The van der Waals surface area contributed by atoms with E-state index in [0.717, 1.165) is 24.3 Å². The second-order valence-electron chi connectivity index (χ2n) is 5.18. The fraction of sp³-hybridized carbons (Fsp3) is 0.438. The molecule has 1 unspecified atom stereocenters. The highest BCUT2D eigenvalue weighted by Crippen LogP contribution is 2.23. The van der Waals surface area contributed by atoms with Crippen molar-refractivity contribution in [3.8, 4) is 17.2 Å². The molecule has 1 aromatic carbocycles. The van der Waals surface area contributed by atoms with E-state index in [2.05, 4.69) is 10.5 Å². The lowest BCUT2D eigenvalue weighted by molar-refractivity contribution is 0.247. The molecule has 1 aromatic heterocycles. The van der Waals surface area contributed by atoms with Gasteiger partial charge in [0.15, 0.2) is 5.76 Å². The molecule has 0 spiro atoms. The van der Waals surface area contributed by atoms with E-state index < -0.39 is 0 Å². The maximum Gasteiger partial charge on any atom is 0.254 e. The number of benzene rings is 1. The standard InChI is InChI=1S/C16H20N2O2/c1-2-6-13(7-3-1)15-12-16(18-20-15)19-11-9-14-8-4-5-10-17-14/h1-3,6-7,12,14,17H,4-5,8-11H2. The quantitative estimate of drug-likeness (QED) is 0.907. The van der Waals surface area contributed by atoms with Gasteiger partial charge in [0, 0.05) is 17.7 Å². The lowest BCUT2D eigenvalue weighted by atomic mass is 10.0. The fourth-order valence-corrected chi connectivity index (χ4v) is 2.54. The Morgan fingerprint density at radius 2 is 2.15 bits per heavy atom. The minimum absolute atomic E-state index is 0.569. The summed E-state index contributed by atoms with van der Waals surface area (Å²) >= 11 is 0. The van der Waals surface area contributed by atoms with Gasteiger partial charge in [0.25, 0.3) is 5.88 Å². The van der Waals surface area contributed by atoms with E-state index in [1.54, 1.807) is 0 Å². The average Bonchev–Trinajstić information content (AvgIpc) is 2.98. The molecule has 106 valence electrons. The smallest absolute Gasteiger partial charge is 0.254 e. The molecule has 2 aromatic rings. The molecule has 1 N–H and O–H groups in total. The first-order valence-corrected chi connectivity index (χ1v) is 7.30. The summed E-state index contributed by atoms with van der Waals surface area (Å²) in [7, 11) is 0. The van der Waals surface area contributed by atoms with Crippen LogP contribution in [-0.2, 0) is 0 Å². The number of hydrogen-bond donors (Lipinski definition) is 1. The van der Waals surface area contributed by atoms with Crippen LogP contribution in [0.2, 0.25) is 0 Å². The highest BCUT2D eigenvalue weighted by atomic mass is 16.5. The normalized spacial score (nSPS) is 18.9. The molecular formula is C16H20N2O2. The maximum absolute atomic E-state index is 5.67. The summed E-state index contributed by atoms with van der Waals surface area (Å²) in [5.41, 5.74) is 1.02. The van der Waals surface area contributed by atoms with Gasteiger partial charge in [-0.25, -0.2) is 0 Å². The summed E-state index contributed by atoms with van der Waals surface area (Å²) in [6.45, 7) is 1.81. The van der Waals surface area contributed by atoms with E-state index in [1.165, 1.54) is 19.3 Å². The predicted molar refractivity (Wildman–Crippen MR) is 77.7 cm³/mol. The Morgan fingerprint density at radius 1 is 1.25 bits per heavy atom. The highest BCUT2D eigenvalue weighted by Gasteiger charge is 2.13. The van der Waals surface area contributed by atoms with E-state index in [1.807, 2.05) is 36.4 Å². The molecule has 0 amide bonds. The van der Waals surface area contributed by atoms with Crippen LogP contribution < -0.4 is 10.1 Å². The van der Waals surface area contributed by atoms with E-state index in [4.69, 9.17) is 9.26 Å². The number of aromatic nitrogens is 1. The number of hydrogen-bond acceptors (Lipinski definition) is 4. The highest BCUT2D eigenvalue weighted by molar-refractivity contribution is 5.57. The zero-order chi connectivity index (χ0) is 13.6. The lowest BCUT2D eigenvalue weighted by Crippen LogP contribution is -2.35. The Kier molecular flexibility index (Phi) is 4.33. The first-order chi connectivity index (χ1) is 9.92. The third-order valence-electron chi connectivity index (χ3n) is 3.68. The first-order valence-electron chi connectivity index (χ1n) is 7.30. The molecule has 1 atom stereocenters. The number of nitrogens with one attached hydrogen (secondary N) is 1. The van der Waals surface area contributed by atoms with Gasteiger partial charge in [0.1, 0.15) is 0 Å². The van der Waals surface area contributed by atoms with Gasteiger partial charge in [-0.3, -0.25) is 0 Å². The third kappa shape index (κ3) is 3.39. The van der Waals surface area contributed by atoms with Crippen LogP contribution in [-0.4, -0.2) is 24.4 Å². The van der Waals surface area contributed by atoms with Gasteiger partial charge in [-0.2, -0.15) is 0 Å². The number of nitrogens with zero attached hydrogens (tertiary/aromatic N) is 1. The van der Waals surface area contributed by atoms with Crippen molar-refractivity contribution in [2.45, 2.75) is 31.7 Å². The third-order valence-corrected chi connectivity index (χ3v) is 3.68. The average molecular weight is 272 g/mol. The Hall–Kier alpha value is -1.81. The van der Waals surface area contributed by atoms with Crippen molar-refractivity contribution in [3.05, 3.63) is 36.4 Å². The summed E-state index contributed by atoms with van der Waals surface area (Å²) in [6.07, 6.45) is 4.88. The van der Waals surface area contributed by atoms with Crippen LogP contribution in [0.4, 0.5) is 0 Å². The van der Waals surface area contributed by atoms with Gasteiger partial charge >= 0.3 is 0 Å². The van der Waals surface area contributed by atoms with Crippen LogP contribution in [0.1, 0.15) is 25.7 Å². The predicted octanol–water partition coefficient (Wildman–Crippen LogP) is 3.25. The number of piperidine rings is 1. The van der Waals surface area contributed by atoms with Gasteiger partial charge < -0.3 is 14.6 Å². The SMILES string of the molecule is c1ccc(-c2cc(OCCC3CCCCN3)no2)cc1. The van der Waals surface area contributed by atoms with E-state index in [-0.39, 0.29) is 0 Å². The number of rotatable bonds is 5. The first kappa shape index (κ1) is 13.2. The van der Waals surface area contributed by atoms with Crippen LogP contribution in [0.3, 0.4) is 0 Å². The molecule has 0 aliphatic carbocycles. The van der Waals surface area contributed by atoms with Crippen molar-refractivity contribution in [2.75, 3.05) is 13.2 Å². The second-order valence-corrected chi connectivity index (χ2v) is 5.18. The van der Waals surface area contributed by atoms with Crippen LogP contribution in [0.15, 0.2) is 40.9 Å². The molecule has 1 saturated heterocycles. The molecule has 4 heteroatoms. The van der Waals surface area contributed by atoms with E-state index in [9.17, 15) is 0 Å². The second kappa shape index (κ2) is 6.57. The number of ether oxygens (including phenoxy) is 1. The lowest BCUT2D eigenvalue weighted by Gasteiger charge is -2.22. The molecule has 1 fully saturated rings. The zero-order valence-corrected chi connectivity index (χ0v) is 11.5. The topological polar surface area (TPSA) is 47.3 Å². The van der Waals surface area contributed by atoms with Crippen molar-refractivity contribution in [1.29, 1.82) is 0 Å². The van der Waals surface area contributed by atoms with Crippen molar-refractivity contribution in [1.82, 2.24) is 10.5 Å². The molecule has 2 heterocycles. The van der Waals surface area contributed by atoms with Gasteiger partial charge in [-0.1, -0.05) is 36.8 Å².